The molecule has 1 atom stereocenters. The highest BCUT2D eigenvalue weighted by Gasteiger charge is 2.29. The fourth-order valence-corrected chi connectivity index (χ4v) is 4.17. The number of aryl methyl sites for hydroxylation is 2. The summed E-state index contributed by atoms with van der Waals surface area (Å²) in [5.41, 5.74) is 1.53. The summed E-state index contributed by atoms with van der Waals surface area (Å²) in [6, 6.07) is 7.42. The number of hydrogen-bond acceptors (Lipinski definition) is 4. The van der Waals surface area contributed by atoms with Gasteiger partial charge in [0, 0.05) is 11.3 Å². The van der Waals surface area contributed by atoms with Crippen molar-refractivity contribution in [2.45, 2.75) is 38.4 Å². The predicted octanol–water partition coefficient (Wildman–Crippen LogP) is 3.29. The molecule has 3 rings (SSSR count). The minimum absolute atomic E-state index is 0.149. The number of carbonyl (C=O) groups is 1. The van der Waals surface area contributed by atoms with Crippen molar-refractivity contribution in [2.24, 2.45) is 0 Å². The van der Waals surface area contributed by atoms with E-state index in [-0.39, 0.29) is 10.8 Å². The number of carbonyl (C=O) groups excluding carboxylic acids is 1. The van der Waals surface area contributed by atoms with Gasteiger partial charge in [0.15, 0.2) is 0 Å². The number of hydrogen-bond donors (Lipinski definition) is 2. The molecule has 128 valence electrons. The van der Waals surface area contributed by atoms with E-state index in [0.29, 0.717) is 18.1 Å². The van der Waals surface area contributed by atoms with Gasteiger partial charge in [-0.2, -0.15) is 16.9 Å². The second-order valence-corrected chi connectivity index (χ2v) is 8.03. The lowest BCUT2D eigenvalue weighted by molar-refractivity contribution is 0.251. The average molecular weight is 345 g/mol. The third-order valence-electron chi connectivity index (χ3n) is 4.18. The second kappa shape index (κ2) is 6.84. The van der Waals surface area contributed by atoms with E-state index in [0.717, 1.165) is 17.9 Å². The molecule has 0 saturated carbocycles. The van der Waals surface area contributed by atoms with Gasteiger partial charge in [-0.05, 0) is 51.5 Å². The highest BCUT2D eigenvalue weighted by Crippen LogP contribution is 2.36. The van der Waals surface area contributed by atoms with Crippen molar-refractivity contribution in [1.82, 2.24) is 20.1 Å². The lowest BCUT2D eigenvalue weighted by Gasteiger charge is -2.23. The van der Waals surface area contributed by atoms with Gasteiger partial charge in [0.2, 0.25) is 0 Å². The minimum Gasteiger partial charge on any atom is -0.336 e. The number of thioether (sulfide) groups is 1. The number of urea groups is 1. The first kappa shape index (κ1) is 16.8. The molecule has 0 bridgehead atoms. The Kier molecular flexibility index (Phi) is 4.80. The van der Waals surface area contributed by atoms with E-state index in [2.05, 4.69) is 27.6 Å². The summed E-state index contributed by atoms with van der Waals surface area (Å²) in [6.07, 6.45) is 2.37. The number of nitrogens with zero attached hydrogens (tertiary/aromatic N) is 3. The van der Waals surface area contributed by atoms with Crippen LogP contribution in [0.5, 0.6) is 0 Å². The smallest absolute Gasteiger partial charge is 0.319 e. The van der Waals surface area contributed by atoms with Crippen molar-refractivity contribution >= 4 is 23.5 Å². The first-order valence-electron chi connectivity index (χ1n) is 8.15. The number of amides is 2. The average Bonchev–Trinajstić information content (AvgIpc) is 3.12. The van der Waals surface area contributed by atoms with Gasteiger partial charge >= 0.3 is 6.03 Å². The van der Waals surface area contributed by atoms with Crippen LogP contribution in [0.1, 0.15) is 31.4 Å². The maximum atomic E-state index is 12.3. The molecule has 1 aliphatic heterocycles. The third-order valence-corrected chi connectivity index (χ3v) is 5.72. The molecule has 0 aliphatic carbocycles. The summed E-state index contributed by atoms with van der Waals surface area (Å²) in [7, 11) is 0. The van der Waals surface area contributed by atoms with Gasteiger partial charge in [0.05, 0.1) is 11.4 Å². The van der Waals surface area contributed by atoms with Crippen LogP contribution in [-0.4, -0.2) is 37.8 Å². The first-order valence-corrected chi connectivity index (χ1v) is 9.14. The van der Waals surface area contributed by atoms with Gasteiger partial charge in [-0.25, -0.2) is 14.5 Å². The van der Waals surface area contributed by atoms with Crippen LogP contribution < -0.4 is 10.6 Å². The van der Waals surface area contributed by atoms with Gasteiger partial charge in [-0.3, -0.25) is 0 Å². The second-order valence-electron chi connectivity index (χ2n) is 6.34. The van der Waals surface area contributed by atoms with Gasteiger partial charge in [-0.15, -0.1) is 0 Å². The van der Waals surface area contributed by atoms with Crippen molar-refractivity contribution < 1.29 is 4.79 Å². The van der Waals surface area contributed by atoms with Crippen molar-refractivity contribution in [3.63, 3.8) is 0 Å². The molecule has 6 nitrogen and oxygen atoms in total. The molecule has 2 heterocycles. The molecule has 0 unspecified atom stereocenters. The monoisotopic (exact) mass is 345 g/mol. The Balaban J connectivity index is 1.71. The zero-order valence-electron chi connectivity index (χ0n) is 14.3. The van der Waals surface area contributed by atoms with E-state index in [1.165, 1.54) is 12.2 Å². The van der Waals surface area contributed by atoms with E-state index < -0.39 is 0 Å². The van der Waals surface area contributed by atoms with E-state index in [4.69, 9.17) is 0 Å². The summed E-state index contributed by atoms with van der Waals surface area (Å²) in [5, 5.41) is 10.3. The lowest BCUT2D eigenvalue weighted by atomic mass is 10.1. The fraction of sp³-hybridized carbons (Fsp3) is 0.471. The van der Waals surface area contributed by atoms with Gasteiger partial charge in [-0.1, -0.05) is 12.1 Å². The van der Waals surface area contributed by atoms with Crippen LogP contribution in [-0.2, 0) is 0 Å². The molecule has 0 spiro atoms. The van der Waals surface area contributed by atoms with E-state index >= 15 is 0 Å². The molecule has 2 aromatic rings. The Morgan fingerprint density at radius 3 is 2.83 bits per heavy atom. The number of rotatable bonds is 4. The SMILES string of the molecule is Cc1nc(C)n(-c2ccccc2NC(=O)NC[C@]2(C)CCCS2)n1. The van der Waals surface area contributed by atoms with Gasteiger partial charge in [0.1, 0.15) is 11.6 Å². The van der Waals surface area contributed by atoms with Gasteiger partial charge < -0.3 is 10.6 Å². The van der Waals surface area contributed by atoms with E-state index in [1.54, 1.807) is 4.68 Å². The molecule has 7 heteroatoms. The van der Waals surface area contributed by atoms with Crippen LogP contribution in [0.4, 0.5) is 10.5 Å². The minimum atomic E-state index is -0.189. The number of nitrogens with one attached hydrogen (secondary N) is 2. The Bertz CT molecular complexity index is 736. The van der Waals surface area contributed by atoms with Crippen molar-refractivity contribution in [3.8, 4) is 5.69 Å². The highest BCUT2D eigenvalue weighted by molar-refractivity contribution is 8.00. The summed E-state index contributed by atoms with van der Waals surface area (Å²) in [6.45, 7) is 6.63. The zero-order chi connectivity index (χ0) is 17.2. The highest BCUT2D eigenvalue weighted by atomic mass is 32.2. The molecular weight excluding hydrogens is 322 g/mol. The predicted molar refractivity (Wildman–Crippen MR) is 98.0 cm³/mol. The standard InChI is InChI=1S/C17H23N5OS/c1-12-19-13(2)22(21-12)15-8-5-4-7-14(15)20-16(23)18-11-17(3)9-6-10-24-17/h4-5,7-8H,6,9-11H2,1-3H3,(H2,18,20,23)/t17-/m0/s1. The molecule has 1 aromatic heterocycles. The zero-order valence-corrected chi connectivity index (χ0v) is 15.1. The van der Waals surface area contributed by atoms with E-state index in [1.807, 2.05) is 49.9 Å². The van der Waals surface area contributed by atoms with Crippen molar-refractivity contribution in [3.05, 3.63) is 35.9 Å². The topological polar surface area (TPSA) is 71.8 Å². The Hall–Kier alpha value is -2.02. The van der Waals surface area contributed by atoms with Crippen LogP contribution in [0, 0.1) is 13.8 Å². The number of anilines is 1. The van der Waals surface area contributed by atoms with Crippen LogP contribution in [0.25, 0.3) is 5.69 Å². The molecule has 1 fully saturated rings. The summed E-state index contributed by atoms with van der Waals surface area (Å²) < 4.78 is 1.90. The van der Waals surface area contributed by atoms with Crippen molar-refractivity contribution in [2.75, 3.05) is 17.6 Å². The molecule has 0 radical (unpaired) electrons. The molecule has 1 aromatic carbocycles. The fourth-order valence-electron chi connectivity index (χ4n) is 2.92. The van der Waals surface area contributed by atoms with Crippen LogP contribution in [0.3, 0.4) is 0 Å². The Labute approximate surface area is 146 Å². The summed E-state index contributed by atoms with van der Waals surface area (Å²) >= 11 is 1.93. The first-order chi connectivity index (χ1) is 11.5. The molecule has 1 saturated heterocycles. The molecular formula is C17H23N5OS. The van der Waals surface area contributed by atoms with E-state index in [9.17, 15) is 4.79 Å². The molecule has 2 N–H and O–H groups in total. The quantitative estimate of drug-likeness (QED) is 0.892. The van der Waals surface area contributed by atoms with Crippen molar-refractivity contribution in [1.29, 1.82) is 0 Å². The summed E-state index contributed by atoms with van der Waals surface area (Å²) in [4.78, 5) is 16.6. The largest absolute Gasteiger partial charge is 0.336 e. The summed E-state index contributed by atoms with van der Waals surface area (Å²) in [5.74, 6) is 2.67. The van der Waals surface area contributed by atoms with Crippen LogP contribution in [0.15, 0.2) is 24.3 Å². The lowest BCUT2D eigenvalue weighted by Crippen LogP contribution is -2.39. The third kappa shape index (κ3) is 3.72. The number of para-hydroxylation sites is 2. The number of benzene rings is 1. The molecule has 2 amide bonds. The normalized spacial score (nSPS) is 20.1. The Morgan fingerprint density at radius 2 is 2.17 bits per heavy atom. The maximum absolute atomic E-state index is 12.3. The van der Waals surface area contributed by atoms with Crippen LogP contribution >= 0.6 is 11.8 Å². The number of aromatic nitrogens is 3. The molecule has 24 heavy (non-hydrogen) atoms. The molecule has 1 aliphatic rings. The Morgan fingerprint density at radius 1 is 1.38 bits per heavy atom. The van der Waals surface area contributed by atoms with Crippen LogP contribution in [0.2, 0.25) is 0 Å². The maximum Gasteiger partial charge on any atom is 0.319 e. The van der Waals surface area contributed by atoms with Gasteiger partial charge in [0.25, 0.3) is 0 Å².